The Morgan fingerprint density at radius 2 is 0.662 bits per heavy atom. The molecule has 4 fully saturated rings. The first-order chi connectivity index (χ1) is 39.7. The molecule has 8 heteroatoms. The maximum atomic E-state index is 2.99. The molecule has 0 bridgehead atoms. The van der Waals surface area contributed by atoms with E-state index in [4.69, 9.17) is 0 Å². The second kappa shape index (κ2) is 20.7. The van der Waals surface area contributed by atoms with Crippen molar-refractivity contribution < 1.29 is 0 Å². The average molecular weight is 1060 g/mol. The highest BCUT2D eigenvalue weighted by Gasteiger charge is 2.48. The van der Waals surface area contributed by atoms with E-state index in [2.05, 4.69) is 212 Å². The number of fused-ring (bicyclic) bond motifs is 8. The highest BCUT2D eigenvalue weighted by atomic mass is 32.2. The number of para-hydroxylation sites is 5. The molecule has 0 amide bonds. The SMILES string of the molecule is c1ccc(N2c3ccccc3B3c4cc5c(cc4Sc4cc(N(C6CCCCC6)C6CCCCC6)cc2c43)N(c2ccccc2)c2cc(N(C3CCCCC3)C3CCCCC3)cc3c2B5c2ccccc2N3c2ccccc2)cc1. The summed E-state index contributed by atoms with van der Waals surface area (Å²) in [5, 5.41) is 0. The highest BCUT2D eigenvalue weighted by Crippen LogP contribution is 2.51. The Morgan fingerprint density at radius 3 is 1.10 bits per heavy atom. The lowest BCUT2D eigenvalue weighted by molar-refractivity contribution is 0.340. The van der Waals surface area contributed by atoms with Crippen molar-refractivity contribution in [2.45, 2.75) is 162 Å². The standard InChI is InChI=1S/C72H73B2N5S/c1-8-26-50(27-9-1)75(51-28-10-2-11-29-51)57-44-66-71-67(45-57)79(56-38-20-7-21-39-56)65-49-69-62(48-61(65)73(71)59-40-22-24-42-63(59)77(66)54-34-16-5-17-35-54)74-60-41-23-25-43-64(60)78(55-36-18-6-19-37-55)68-46-58(47-70(80-69)72(68)74)76(52-30-12-3-13-31-52)53-32-14-4-15-33-53/h5-7,16-25,34-53H,1-4,8-15,26-33H2. The van der Waals surface area contributed by atoms with Crippen LogP contribution >= 0.6 is 11.8 Å². The van der Waals surface area contributed by atoms with Gasteiger partial charge in [-0.3, -0.25) is 0 Å². The zero-order valence-corrected chi connectivity index (χ0v) is 47.3. The predicted molar refractivity (Wildman–Crippen MR) is 343 cm³/mol. The van der Waals surface area contributed by atoms with Crippen molar-refractivity contribution in [2.24, 2.45) is 0 Å². The summed E-state index contributed by atoms with van der Waals surface area (Å²) in [7, 11) is 0. The number of rotatable bonds is 9. The monoisotopic (exact) mass is 1060 g/mol. The van der Waals surface area contributed by atoms with Crippen molar-refractivity contribution in [3.05, 3.63) is 176 Å². The fraction of sp³-hybridized carbons (Fsp3) is 0.333. The van der Waals surface area contributed by atoms with Crippen molar-refractivity contribution in [1.29, 1.82) is 0 Å². The summed E-state index contributed by atoms with van der Waals surface area (Å²) in [6.07, 6.45) is 26.4. The van der Waals surface area contributed by atoms with Crippen LogP contribution in [0, 0.1) is 0 Å². The Labute approximate surface area is 480 Å². The van der Waals surface area contributed by atoms with E-state index in [1.54, 1.807) is 0 Å². The first kappa shape index (κ1) is 49.1. The van der Waals surface area contributed by atoms with Crippen LogP contribution in [-0.2, 0) is 0 Å². The van der Waals surface area contributed by atoms with Gasteiger partial charge in [-0.05, 0) is 158 Å². The minimum absolute atomic E-state index is 0.0238. The molecule has 4 aliphatic carbocycles. The molecule has 8 aromatic carbocycles. The number of anilines is 11. The number of hydrogen-bond acceptors (Lipinski definition) is 6. The van der Waals surface area contributed by atoms with Crippen LogP contribution in [0.2, 0.25) is 0 Å². The Balaban J connectivity index is 0.951. The van der Waals surface area contributed by atoms with Gasteiger partial charge in [0.25, 0.3) is 6.71 Å². The van der Waals surface area contributed by atoms with Gasteiger partial charge in [0.1, 0.15) is 0 Å². The first-order valence-corrected chi connectivity index (χ1v) is 32.1. The lowest BCUT2D eigenvalue weighted by Crippen LogP contribution is -2.64. The van der Waals surface area contributed by atoms with Crippen molar-refractivity contribution in [3.8, 4) is 0 Å². The Hall–Kier alpha value is -6.76. The van der Waals surface area contributed by atoms with Crippen LogP contribution in [0.3, 0.4) is 0 Å². The maximum absolute atomic E-state index is 2.99. The maximum Gasteiger partial charge on any atom is 0.252 e. The molecule has 80 heavy (non-hydrogen) atoms. The van der Waals surface area contributed by atoms with E-state index in [1.807, 2.05) is 0 Å². The van der Waals surface area contributed by atoms with Crippen LogP contribution < -0.4 is 57.3 Å². The number of benzene rings is 8. The molecule has 4 saturated carbocycles. The molecule has 0 saturated heterocycles. The van der Waals surface area contributed by atoms with Crippen molar-refractivity contribution in [2.75, 3.05) is 24.5 Å². The van der Waals surface area contributed by atoms with Gasteiger partial charge in [0.05, 0.1) is 0 Å². The summed E-state index contributed by atoms with van der Waals surface area (Å²) in [6, 6.07) is 71.3. The van der Waals surface area contributed by atoms with E-state index < -0.39 is 0 Å². The van der Waals surface area contributed by atoms with Gasteiger partial charge in [0, 0.05) is 96.5 Å². The fourth-order valence-corrected chi connectivity index (χ4v) is 18.1. The van der Waals surface area contributed by atoms with Crippen molar-refractivity contribution >= 4 is 121 Å². The normalized spacial score (nSPS) is 18.9. The van der Waals surface area contributed by atoms with E-state index in [0.717, 1.165) is 0 Å². The average Bonchev–Trinajstić information content (AvgIpc) is 3.70. The summed E-state index contributed by atoms with van der Waals surface area (Å²) >= 11 is 2.06. The van der Waals surface area contributed by atoms with Gasteiger partial charge in [-0.1, -0.05) is 191 Å². The molecule has 0 N–H and O–H groups in total. The lowest BCUT2D eigenvalue weighted by Gasteiger charge is -2.48. The van der Waals surface area contributed by atoms with E-state index in [-0.39, 0.29) is 13.4 Å². The molecule has 0 radical (unpaired) electrons. The van der Waals surface area contributed by atoms with E-state index in [1.165, 1.54) is 234 Å². The topological polar surface area (TPSA) is 16.2 Å². The smallest absolute Gasteiger partial charge is 0.252 e. The van der Waals surface area contributed by atoms with E-state index in [0.29, 0.717) is 24.2 Å². The van der Waals surface area contributed by atoms with Gasteiger partial charge in [-0.15, -0.1) is 0 Å². The first-order valence-electron chi connectivity index (χ1n) is 31.2. The summed E-state index contributed by atoms with van der Waals surface area (Å²) in [6.45, 7) is 0.0907. The third-order valence-electron chi connectivity index (χ3n) is 20.3. The molecular formula is C72H73B2N5S. The Morgan fingerprint density at radius 1 is 0.300 bits per heavy atom. The van der Waals surface area contributed by atoms with Crippen LogP contribution in [0.4, 0.5) is 62.6 Å². The molecular weight excluding hydrogens is 989 g/mol. The van der Waals surface area contributed by atoms with Gasteiger partial charge >= 0.3 is 0 Å². The van der Waals surface area contributed by atoms with Gasteiger partial charge in [0.2, 0.25) is 6.71 Å². The van der Waals surface area contributed by atoms with Gasteiger partial charge in [0.15, 0.2) is 0 Å². The Kier molecular flexibility index (Phi) is 12.7. The third-order valence-corrected chi connectivity index (χ3v) is 21.4. The molecule has 4 aliphatic heterocycles. The van der Waals surface area contributed by atoms with Crippen LogP contribution in [-0.4, -0.2) is 37.6 Å². The minimum Gasteiger partial charge on any atom is -0.365 e. The van der Waals surface area contributed by atoms with Crippen LogP contribution in [0.1, 0.15) is 128 Å². The summed E-state index contributed by atoms with van der Waals surface area (Å²) in [5.41, 5.74) is 22.9. The summed E-state index contributed by atoms with van der Waals surface area (Å²) < 4.78 is 0. The van der Waals surface area contributed by atoms with E-state index in [9.17, 15) is 0 Å². The zero-order chi connectivity index (χ0) is 52.7. The van der Waals surface area contributed by atoms with Crippen molar-refractivity contribution in [1.82, 2.24) is 0 Å². The second-order valence-corrected chi connectivity index (χ2v) is 25.9. The number of hydrogen-bond donors (Lipinski definition) is 0. The largest absolute Gasteiger partial charge is 0.365 e. The fourth-order valence-electron chi connectivity index (χ4n) is 16.8. The van der Waals surface area contributed by atoms with Crippen LogP contribution in [0.25, 0.3) is 0 Å². The zero-order valence-electron chi connectivity index (χ0n) is 46.5. The molecule has 398 valence electrons. The predicted octanol–water partition coefficient (Wildman–Crippen LogP) is 15.5. The quantitative estimate of drug-likeness (QED) is 0.133. The molecule has 0 aromatic heterocycles. The van der Waals surface area contributed by atoms with Gasteiger partial charge in [-0.25, -0.2) is 0 Å². The Bertz CT molecular complexity index is 3550. The van der Waals surface area contributed by atoms with Crippen molar-refractivity contribution in [3.63, 3.8) is 0 Å². The summed E-state index contributed by atoms with van der Waals surface area (Å²) in [5.74, 6) is 0. The molecule has 8 aliphatic rings. The van der Waals surface area contributed by atoms with E-state index >= 15 is 0 Å². The molecule has 4 heterocycles. The third kappa shape index (κ3) is 8.18. The molecule has 0 atom stereocenters. The highest BCUT2D eigenvalue weighted by molar-refractivity contribution is 8.00. The molecule has 5 nitrogen and oxygen atoms in total. The molecule has 0 unspecified atom stereocenters. The molecule has 16 rings (SSSR count). The molecule has 8 aromatic rings. The molecule has 0 spiro atoms. The van der Waals surface area contributed by atoms with Crippen LogP contribution in [0.5, 0.6) is 0 Å². The summed E-state index contributed by atoms with van der Waals surface area (Å²) in [4.78, 5) is 16.8. The second-order valence-electron chi connectivity index (χ2n) is 24.8. The van der Waals surface area contributed by atoms with Crippen LogP contribution in [0.15, 0.2) is 186 Å². The van der Waals surface area contributed by atoms with Gasteiger partial charge in [-0.2, -0.15) is 0 Å². The minimum atomic E-state index is 0.0238. The van der Waals surface area contributed by atoms with Gasteiger partial charge < -0.3 is 24.5 Å². The number of nitrogens with zero attached hydrogens (tertiary/aromatic N) is 5. The lowest BCUT2D eigenvalue weighted by atomic mass is 9.31.